The van der Waals surface area contributed by atoms with Gasteiger partial charge in [0.2, 0.25) is 5.78 Å². The van der Waals surface area contributed by atoms with Gasteiger partial charge in [-0.2, -0.15) is 0 Å². The first-order valence-corrected chi connectivity index (χ1v) is 6.32. The van der Waals surface area contributed by atoms with Crippen LogP contribution in [0, 0.1) is 0 Å². The average molecular weight is 340 g/mol. The summed E-state index contributed by atoms with van der Waals surface area (Å²) < 4.78 is 5.38. The van der Waals surface area contributed by atoms with Crippen LogP contribution in [0.3, 0.4) is 0 Å². The first-order chi connectivity index (χ1) is 10.3. The molecule has 0 amide bonds. The highest BCUT2D eigenvalue weighted by molar-refractivity contribution is 6.07. The van der Waals surface area contributed by atoms with Crippen LogP contribution in [0.1, 0.15) is 22.0 Å². The van der Waals surface area contributed by atoms with Crippen molar-refractivity contribution >= 4 is 5.78 Å². The number of aliphatic hydroxyl groups is 2. The van der Waals surface area contributed by atoms with Gasteiger partial charge in [0.05, 0.1) is 0 Å². The molecule has 1 aliphatic rings. The zero-order valence-electron chi connectivity index (χ0n) is 12.1. The van der Waals surface area contributed by atoms with Gasteiger partial charge in [0.15, 0.2) is 6.10 Å². The third kappa shape index (κ3) is 2.84. The van der Waals surface area contributed by atoms with Crippen LogP contribution in [0.15, 0.2) is 36.4 Å². The lowest BCUT2D eigenvalue weighted by Gasteiger charge is -2.35. The van der Waals surface area contributed by atoms with Crippen molar-refractivity contribution in [3.63, 3.8) is 0 Å². The summed E-state index contributed by atoms with van der Waals surface area (Å²) in [4.78, 5) is 12.3. The van der Waals surface area contributed by atoms with Crippen LogP contribution < -0.4 is 4.74 Å². The molecule has 1 atom stereocenters. The minimum Gasteiger partial charge on any atom is -0.508 e. The van der Waals surface area contributed by atoms with Gasteiger partial charge >= 0.3 is 0 Å². The number of benzene rings is 2. The standard InChI is InChI=1S/C15H12O7.2H2O/c16-8-3-1-7(2-4-8)14-15(20,21)13(19)12-10(18)5-9(17)6-11(12)22-14;;/h1-6,14,16-18,20-21H;2*1H2. The van der Waals surface area contributed by atoms with Crippen molar-refractivity contribution in [3.8, 4) is 23.0 Å². The Bertz CT molecular complexity index is 752. The monoisotopic (exact) mass is 340 g/mol. The summed E-state index contributed by atoms with van der Waals surface area (Å²) in [5.74, 6) is -5.21. The number of hydrogen-bond donors (Lipinski definition) is 5. The van der Waals surface area contributed by atoms with Crippen molar-refractivity contribution in [3.05, 3.63) is 47.5 Å². The van der Waals surface area contributed by atoms with Gasteiger partial charge in [0.25, 0.3) is 5.79 Å². The average Bonchev–Trinajstić information content (AvgIpc) is 2.43. The molecule has 9 N–H and O–H groups in total. The second-order valence-electron chi connectivity index (χ2n) is 4.98. The van der Waals surface area contributed by atoms with Crippen molar-refractivity contribution in [1.29, 1.82) is 0 Å². The van der Waals surface area contributed by atoms with Crippen LogP contribution in [0.2, 0.25) is 0 Å². The summed E-state index contributed by atoms with van der Waals surface area (Å²) in [5.41, 5.74) is -0.192. The lowest BCUT2D eigenvalue weighted by molar-refractivity contribution is -0.186. The molecule has 24 heavy (non-hydrogen) atoms. The van der Waals surface area contributed by atoms with Gasteiger partial charge in [-0.25, -0.2) is 0 Å². The van der Waals surface area contributed by atoms with Gasteiger partial charge in [0, 0.05) is 12.1 Å². The molecule has 0 bridgehead atoms. The highest BCUT2D eigenvalue weighted by Crippen LogP contribution is 2.45. The molecule has 9 heteroatoms. The normalized spacial score (nSPS) is 17.8. The van der Waals surface area contributed by atoms with Crippen molar-refractivity contribution < 1.29 is 46.0 Å². The van der Waals surface area contributed by atoms with E-state index in [9.17, 15) is 30.3 Å². The fourth-order valence-electron chi connectivity index (χ4n) is 2.37. The van der Waals surface area contributed by atoms with E-state index in [1.807, 2.05) is 0 Å². The van der Waals surface area contributed by atoms with Gasteiger partial charge < -0.3 is 41.2 Å². The second-order valence-corrected chi connectivity index (χ2v) is 4.98. The Labute approximate surface area is 135 Å². The molecular weight excluding hydrogens is 324 g/mol. The summed E-state index contributed by atoms with van der Waals surface area (Å²) >= 11 is 0. The highest BCUT2D eigenvalue weighted by Gasteiger charge is 2.51. The van der Waals surface area contributed by atoms with Crippen LogP contribution in [0.5, 0.6) is 23.0 Å². The molecule has 2 aromatic carbocycles. The number of Topliss-reactive ketones (excluding diaryl/α,β-unsaturated/α-hetero) is 1. The van der Waals surface area contributed by atoms with Crippen molar-refractivity contribution in [2.75, 3.05) is 0 Å². The summed E-state index contributed by atoms with van der Waals surface area (Å²) in [6, 6.07) is 7.32. The van der Waals surface area contributed by atoms with E-state index in [4.69, 9.17) is 4.74 Å². The molecule has 9 nitrogen and oxygen atoms in total. The van der Waals surface area contributed by atoms with E-state index in [0.717, 1.165) is 12.1 Å². The molecule has 130 valence electrons. The first-order valence-electron chi connectivity index (χ1n) is 6.32. The number of carbonyl (C=O) groups is 1. The lowest BCUT2D eigenvalue weighted by atomic mass is 9.90. The predicted octanol–water partition coefficient (Wildman–Crippen LogP) is -0.849. The smallest absolute Gasteiger partial charge is 0.271 e. The van der Waals surface area contributed by atoms with Crippen LogP contribution in [-0.4, -0.2) is 48.1 Å². The Kier molecular flexibility index (Phi) is 5.07. The molecule has 2 aromatic rings. The summed E-state index contributed by atoms with van der Waals surface area (Å²) in [5, 5.41) is 48.7. The Morgan fingerprint density at radius 1 is 0.917 bits per heavy atom. The Morgan fingerprint density at radius 2 is 1.50 bits per heavy atom. The molecule has 1 unspecified atom stereocenters. The number of phenolic OH excluding ortho intramolecular Hbond substituents is 3. The molecule has 0 radical (unpaired) electrons. The number of ketones is 1. The van der Waals surface area contributed by atoms with Gasteiger partial charge in [-0.1, -0.05) is 12.1 Å². The zero-order valence-corrected chi connectivity index (χ0v) is 12.1. The number of ether oxygens (including phenoxy) is 1. The van der Waals surface area contributed by atoms with Gasteiger partial charge in [-0.05, 0) is 17.7 Å². The first kappa shape index (κ1) is 19.2. The van der Waals surface area contributed by atoms with Crippen LogP contribution >= 0.6 is 0 Å². The van der Waals surface area contributed by atoms with Crippen LogP contribution in [0.25, 0.3) is 0 Å². The third-order valence-corrected chi connectivity index (χ3v) is 3.43. The number of rotatable bonds is 1. The van der Waals surface area contributed by atoms with Crippen molar-refractivity contribution in [2.24, 2.45) is 0 Å². The van der Waals surface area contributed by atoms with E-state index in [0.29, 0.717) is 0 Å². The fraction of sp³-hybridized carbons (Fsp3) is 0.133. The summed E-state index contributed by atoms with van der Waals surface area (Å²) in [6.45, 7) is 0. The van der Waals surface area contributed by atoms with Crippen molar-refractivity contribution in [2.45, 2.75) is 11.9 Å². The molecule has 0 aromatic heterocycles. The number of hydrogen-bond acceptors (Lipinski definition) is 7. The maximum atomic E-state index is 12.3. The maximum absolute atomic E-state index is 12.3. The van der Waals surface area contributed by atoms with Crippen molar-refractivity contribution in [1.82, 2.24) is 0 Å². The van der Waals surface area contributed by atoms with E-state index in [-0.39, 0.29) is 33.8 Å². The number of phenols is 3. The molecule has 0 fully saturated rings. The molecule has 0 spiro atoms. The van der Waals surface area contributed by atoms with E-state index >= 15 is 0 Å². The van der Waals surface area contributed by atoms with Gasteiger partial charge in [-0.3, -0.25) is 4.79 Å². The largest absolute Gasteiger partial charge is 0.508 e. The highest BCUT2D eigenvalue weighted by atomic mass is 16.6. The summed E-state index contributed by atoms with van der Waals surface area (Å²) in [6.07, 6.45) is -1.48. The number of aromatic hydroxyl groups is 3. The molecule has 0 aliphatic carbocycles. The summed E-state index contributed by atoms with van der Waals surface area (Å²) in [7, 11) is 0. The Morgan fingerprint density at radius 3 is 2.08 bits per heavy atom. The molecule has 1 heterocycles. The fourth-order valence-corrected chi connectivity index (χ4v) is 2.37. The van der Waals surface area contributed by atoms with Crippen LogP contribution in [-0.2, 0) is 0 Å². The topological polar surface area (TPSA) is 190 Å². The third-order valence-electron chi connectivity index (χ3n) is 3.43. The molecule has 0 saturated carbocycles. The molecule has 1 aliphatic heterocycles. The predicted molar refractivity (Wildman–Crippen MR) is 80.0 cm³/mol. The quantitative estimate of drug-likeness (QED) is 0.417. The SMILES string of the molecule is O.O.O=C1c2c(O)cc(O)cc2OC(c2ccc(O)cc2)C1(O)O. The molecular formula is C15H16O9. The van der Waals surface area contributed by atoms with E-state index in [2.05, 4.69) is 0 Å². The Hall–Kier alpha value is -2.85. The number of fused-ring (bicyclic) bond motifs is 1. The van der Waals surface area contributed by atoms with Crippen LogP contribution in [0.4, 0.5) is 0 Å². The van der Waals surface area contributed by atoms with E-state index < -0.39 is 29.0 Å². The van der Waals surface area contributed by atoms with Gasteiger partial charge in [-0.15, -0.1) is 0 Å². The lowest BCUT2D eigenvalue weighted by Crippen LogP contribution is -2.49. The van der Waals surface area contributed by atoms with E-state index in [1.54, 1.807) is 0 Å². The molecule has 0 saturated heterocycles. The second kappa shape index (κ2) is 6.34. The zero-order chi connectivity index (χ0) is 16.1. The molecule has 3 rings (SSSR count). The Balaban J connectivity index is 0.00000144. The van der Waals surface area contributed by atoms with E-state index in [1.165, 1.54) is 24.3 Å². The van der Waals surface area contributed by atoms with Gasteiger partial charge in [0.1, 0.15) is 28.6 Å². The number of carbonyl (C=O) groups excluding carboxylic acids is 1. The minimum absolute atomic E-state index is 0. The maximum Gasteiger partial charge on any atom is 0.271 e. The minimum atomic E-state index is -2.90.